The fourth-order valence-electron chi connectivity index (χ4n) is 4.92. The van der Waals surface area contributed by atoms with E-state index < -0.39 is 11.9 Å². The molecule has 1 aliphatic heterocycles. The van der Waals surface area contributed by atoms with Gasteiger partial charge in [0, 0.05) is 17.7 Å². The minimum Gasteiger partial charge on any atom is -0.465 e. The molecule has 1 aliphatic carbocycles. The number of ketones is 1. The molecule has 5 rings (SSSR count). The van der Waals surface area contributed by atoms with Crippen LogP contribution in [0.4, 0.5) is 10.8 Å². The Morgan fingerprint density at radius 3 is 2.62 bits per heavy atom. The Kier molecular flexibility index (Phi) is 8.33. The maximum atomic E-state index is 13.3. The van der Waals surface area contributed by atoms with Gasteiger partial charge in [0.15, 0.2) is 10.1 Å². The molecule has 11 nitrogen and oxygen atoms in total. The normalized spacial score (nSPS) is 16.4. The van der Waals surface area contributed by atoms with Crippen LogP contribution in [-0.4, -0.2) is 40.7 Å². The molecule has 0 bridgehead atoms. The quantitative estimate of drug-likeness (QED) is 0.294. The molecule has 2 aromatic carbocycles. The number of rotatable bonds is 7. The Labute approximate surface area is 249 Å². The number of benzene rings is 2. The molecule has 42 heavy (non-hydrogen) atoms. The number of para-hydroxylation sites is 1. The van der Waals surface area contributed by atoms with Crippen LogP contribution < -0.4 is 16.0 Å². The minimum atomic E-state index is -0.692. The number of nitriles is 2. The number of Topliss-reactive ketones (excluding diaryl/α,β-unsaturated/α-hetero) is 1. The summed E-state index contributed by atoms with van der Waals surface area (Å²) in [6, 6.07) is 17.5. The fourth-order valence-corrected chi connectivity index (χ4v) is 6.60. The maximum Gasteiger partial charge on any atom is 0.337 e. The van der Waals surface area contributed by atoms with E-state index in [9.17, 15) is 24.9 Å². The van der Waals surface area contributed by atoms with Gasteiger partial charge in [0.25, 0.3) is 0 Å². The lowest BCUT2D eigenvalue weighted by molar-refractivity contribution is -0.116. The summed E-state index contributed by atoms with van der Waals surface area (Å²) in [6.07, 6.45) is 1.49. The van der Waals surface area contributed by atoms with Gasteiger partial charge in [-0.2, -0.15) is 10.5 Å². The van der Waals surface area contributed by atoms with E-state index in [0.29, 0.717) is 62.4 Å². The van der Waals surface area contributed by atoms with Gasteiger partial charge in [0.05, 0.1) is 47.2 Å². The molecular weight excluding hydrogens is 574 g/mol. The monoisotopic (exact) mass is 597 g/mol. The Balaban J connectivity index is 1.42. The molecule has 1 unspecified atom stereocenters. The first kappa shape index (κ1) is 28.5. The number of hydrogen-bond donors (Lipinski definition) is 2. The average molecular weight is 598 g/mol. The van der Waals surface area contributed by atoms with Crippen LogP contribution in [0.3, 0.4) is 0 Å². The summed E-state index contributed by atoms with van der Waals surface area (Å²) < 4.78 is 5.27. The predicted octanol–water partition coefficient (Wildman–Crippen LogP) is 4.23. The van der Waals surface area contributed by atoms with Gasteiger partial charge >= 0.3 is 5.97 Å². The SMILES string of the molecule is COC(=O)c1ccc(C2C(C#N)=C(N)N(c3nnc(SCC(=O)Nc4ccccc4C#N)s3)C3=C2C(=O)CCC3)cc1. The van der Waals surface area contributed by atoms with Crippen LogP contribution in [0.5, 0.6) is 0 Å². The molecule has 0 radical (unpaired) electrons. The highest BCUT2D eigenvalue weighted by atomic mass is 32.2. The van der Waals surface area contributed by atoms with Crippen LogP contribution in [0, 0.1) is 22.7 Å². The maximum absolute atomic E-state index is 13.3. The molecule has 0 fully saturated rings. The minimum absolute atomic E-state index is 0.0270. The summed E-state index contributed by atoms with van der Waals surface area (Å²) in [5.41, 5.74) is 9.70. The summed E-state index contributed by atoms with van der Waals surface area (Å²) in [7, 11) is 1.29. The molecule has 0 spiro atoms. The van der Waals surface area contributed by atoms with Gasteiger partial charge in [0.1, 0.15) is 11.9 Å². The van der Waals surface area contributed by atoms with Crippen molar-refractivity contribution in [3.8, 4) is 12.1 Å². The molecule has 2 heterocycles. The topological polar surface area (TPSA) is 175 Å². The number of esters is 1. The first-order chi connectivity index (χ1) is 20.4. The lowest BCUT2D eigenvalue weighted by Gasteiger charge is -2.38. The second-order valence-electron chi connectivity index (χ2n) is 9.27. The van der Waals surface area contributed by atoms with Crippen molar-refractivity contribution in [2.75, 3.05) is 23.1 Å². The number of anilines is 2. The Bertz CT molecular complexity index is 1730. The zero-order valence-corrected chi connectivity index (χ0v) is 23.9. The highest BCUT2D eigenvalue weighted by Crippen LogP contribution is 2.47. The van der Waals surface area contributed by atoms with Crippen LogP contribution >= 0.6 is 23.1 Å². The summed E-state index contributed by atoms with van der Waals surface area (Å²) in [6.45, 7) is 0. The van der Waals surface area contributed by atoms with Crippen LogP contribution in [0.2, 0.25) is 0 Å². The number of allylic oxidation sites excluding steroid dienone is 3. The number of thioether (sulfide) groups is 1. The van der Waals surface area contributed by atoms with E-state index in [0.717, 1.165) is 0 Å². The van der Waals surface area contributed by atoms with E-state index in [1.165, 1.54) is 30.2 Å². The number of nitrogens with zero attached hydrogens (tertiary/aromatic N) is 5. The zero-order chi connectivity index (χ0) is 29.8. The molecule has 1 aromatic heterocycles. The third kappa shape index (κ3) is 5.48. The zero-order valence-electron chi connectivity index (χ0n) is 22.3. The van der Waals surface area contributed by atoms with Gasteiger partial charge in [-0.1, -0.05) is 47.4 Å². The Hall–Kier alpha value is -4.98. The smallest absolute Gasteiger partial charge is 0.337 e. The van der Waals surface area contributed by atoms with Crippen LogP contribution in [0.25, 0.3) is 0 Å². The van der Waals surface area contributed by atoms with Gasteiger partial charge in [0.2, 0.25) is 11.0 Å². The number of carbonyl (C=O) groups is 3. The molecule has 13 heteroatoms. The number of nitrogens with one attached hydrogen (secondary N) is 1. The molecule has 2 aliphatic rings. The lowest BCUT2D eigenvalue weighted by atomic mass is 9.75. The van der Waals surface area contributed by atoms with Crippen LogP contribution in [0.1, 0.15) is 46.7 Å². The number of methoxy groups -OCH3 is 1. The van der Waals surface area contributed by atoms with Crippen LogP contribution in [0.15, 0.2) is 75.5 Å². The molecule has 0 saturated heterocycles. The number of amides is 1. The largest absolute Gasteiger partial charge is 0.465 e. The van der Waals surface area contributed by atoms with Crippen molar-refractivity contribution in [2.24, 2.45) is 5.73 Å². The molecule has 1 atom stereocenters. The Morgan fingerprint density at radius 1 is 1.14 bits per heavy atom. The molecule has 0 saturated carbocycles. The van der Waals surface area contributed by atoms with E-state index in [1.54, 1.807) is 53.4 Å². The predicted molar refractivity (Wildman–Crippen MR) is 156 cm³/mol. The molecule has 3 N–H and O–H groups in total. The van der Waals surface area contributed by atoms with E-state index in [2.05, 4.69) is 21.6 Å². The van der Waals surface area contributed by atoms with Gasteiger partial charge in [-0.3, -0.25) is 14.5 Å². The second kappa shape index (κ2) is 12.3. The fraction of sp³-hybridized carbons (Fsp3) is 0.207. The summed E-state index contributed by atoms with van der Waals surface area (Å²) in [4.78, 5) is 39.4. The molecule has 3 aromatic rings. The molecule has 210 valence electrons. The van der Waals surface area contributed by atoms with Crippen molar-refractivity contribution < 1.29 is 19.1 Å². The standard InChI is InChI=1S/C29H23N7O4S2/c1-40-27(39)17-11-9-16(10-12-17)24-19(14-31)26(32)36(21-7-4-8-22(37)25(21)24)28-34-35-29(42-28)41-15-23(38)33-20-6-3-2-5-18(20)13-30/h2-3,5-6,9-12,24H,4,7-8,15,32H2,1H3,(H,33,38). The molecule has 1 amide bonds. The Morgan fingerprint density at radius 2 is 1.90 bits per heavy atom. The second-order valence-corrected chi connectivity index (χ2v) is 11.5. The third-order valence-electron chi connectivity index (χ3n) is 6.81. The number of hydrogen-bond acceptors (Lipinski definition) is 12. The number of carbonyl (C=O) groups excluding carboxylic acids is 3. The highest BCUT2D eigenvalue weighted by molar-refractivity contribution is 8.01. The lowest BCUT2D eigenvalue weighted by Crippen LogP contribution is -2.38. The third-order valence-corrected chi connectivity index (χ3v) is 8.86. The van der Waals surface area contributed by atoms with Crippen molar-refractivity contribution in [1.29, 1.82) is 10.5 Å². The van der Waals surface area contributed by atoms with Gasteiger partial charge in [-0.05, 0) is 42.7 Å². The van der Waals surface area contributed by atoms with Gasteiger partial charge < -0.3 is 15.8 Å². The average Bonchev–Trinajstić information content (AvgIpc) is 3.48. The summed E-state index contributed by atoms with van der Waals surface area (Å²) in [5.74, 6) is -1.41. The highest BCUT2D eigenvalue weighted by Gasteiger charge is 2.41. The number of ether oxygens (including phenoxy) is 1. The van der Waals surface area contributed by atoms with Gasteiger partial charge in [-0.15, -0.1) is 10.2 Å². The molecular formula is C29H23N7O4S2. The van der Waals surface area contributed by atoms with Crippen LogP contribution in [-0.2, 0) is 14.3 Å². The van der Waals surface area contributed by atoms with Gasteiger partial charge in [-0.25, -0.2) is 4.79 Å². The first-order valence-electron chi connectivity index (χ1n) is 12.8. The number of aromatic nitrogens is 2. The summed E-state index contributed by atoms with van der Waals surface area (Å²) >= 11 is 2.35. The number of nitrogens with two attached hydrogens (primary N) is 1. The van der Waals surface area contributed by atoms with E-state index >= 15 is 0 Å². The van der Waals surface area contributed by atoms with E-state index in [1.807, 2.05) is 6.07 Å². The van der Waals surface area contributed by atoms with Crippen molar-refractivity contribution in [1.82, 2.24) is 10.2 Å². The first-order valence-corrected chi connectivity index (χ1v) is 14.6. The van der Waals surface area contributed by atoms with Crippen molar-refractivity contribution >= 4 is 51.6 Å². The van der Waals surface area contributed by atoms with Crippen molar-refractivity contribution in [3.05, 3.63) is 87.9 Å². The van der Waals surface area contributed by atoms with E-state index in [-0.39, 0.29) is 28.8 Å². The van der Waals surface area contributed by atoms with Crippen molar-refractivity contribution in [2.45, 2.75) is 29.5 Å². The summed E-state index contributed by atoms with van der Waals surface area (Å²) in [5, 5.41) is 31.0. The van der Waals surface area contributed by atoms with Crippen molar-refractivity contribution in [3.63, 3.8) is 0 Å². The van der Waals surface area contributed by atoms with E-state index in [4.69, 9.17) is 10.5 Å².